The Kier molecular flexibility index (Phi) is 4.49. The van der Waals surface area contributed by atoms with E-state index in [2.05, 4.69) is 5.32 Å². The molecule has 1 unspecified atom stereocenters. The van der Waals surface area contributed by atoms with Crippen molar-refractivity contribution in [2.45, 2.75) is 6.42 Å². The van der Waals surface area contributed by atoms with Crippen LogP contribution in [-0.4, -0.2) is 18.4 Å². The smallest absolute Gasteiger partial charge is 0.229 e. The maximum absolute atomic E-state index is 13.2. The van der Waals surface area contributed by atoms with Gasteiger partial charge < -0.3 is 10.2 Å². The molecule has 0 spiro atoms. The van der Waals surface area contributed by atoms with E-state index in [-0.39, 0.29) is 24.6 Å². The van der Waals surface area contributed by atoms with E-state index in [4.69, 9.17) is 11.6 Å². The van der Waals surface area contributed by atoms with Gasteiger partial charge in [0, 0.05) is 24.7 Å². The number of nitrogens with zero attached hydrogens (tertiary/aromatic N) is 1. The third-order valence-electron chi connectivity index (χ3n) is 3.83. The van der Waals surface area contributed by atoms with Gasteiger partial charge in [0.25, 0.3) is 0 Å². The van der Waals surface area contributed by atoms with Gasteiger partial charge in [0.05, 0.1) is 16.6 Å². The molecule has 1 aliphatic rings. The molecular weight excluding hydrogens is 338 g/mol. The van der Waals surface area contributed by atoms with Gasteiger partial charge in [-0.15, -0.1) is 0 Å². The summed E-state index contributed by atoms with van der Waals surface area (Å²) in [5.41, 5.74) is 0.690. The van der Waals surface area contributed by atoms with Gasteiger partial charge >= 0.3 is 0 Å². The summed E-state index contributed by atoms with van der Waals surface area (Å²) in [6.07, 6.45) is 0.0285. The van der Waals surface area contributed by atoms with Gasteiger partial charge in [-0.05, 0) is 24.3 Å². The van der Waals surface area contributed by atoms with Crippen LogP contribution < -0.4 is 10.2 Å². The monoisotopic (exact) mass is 350 g/mol. The van der Waals surface area contributed by atoms with Crippen molar-refractivity contribution in [3.63, 3.8) is 0 Å². The highest BCUT2D eigenvalue weighted by molar-refractivity contribution is 6.33. The number of anilines is 2. The normalized spacial score (nSPS) is 17.2. The van der Waals surface area contributed by atoms with E-state index >= 15 is 0 Å². The molecule has 3 rings (SSSR count). The number of halogens is 3. The first-order chi connectivity index (χ1) is 11.5. The summed E-state index contributed by atoms with van der Waals surface area (Å²) in [5, 5.41) is 2.93. The second-order valence-electron chi connectivity index (χ2n) is 5.47. The Morgan fingerprint density at radius 1 is 1.17 bits per heavy atom. The minimum absolute atomic E-state index is 0.0285. The van der Waals surface area contributed by atoms with Gasteiger partial charge in [0.1, 0.15) is 0 Å². The maximum Gasteiger partial charge on any atom is 0.229 e. The molecule has 0 bridgehead atoms. The zero-order valence-corrected chi connectivity index (χ0v) is 13.2. The quantitative estimate of drug-likeness (QED) is 0.919. The van der Waals surface area contributed by atoms with Crippen molar-refractivity contribution in [3.05, 3.63) is 59.1 Å². The lowest BCUT2D eigenvalue weighted by molar-refractivity contribution is -0.122. The fraction of sp³-hybridized carbons (Fsp3) is 0.176. The second kappa shape index (κ2) is 6.57. The molecule has 0 radical (unpaired) electrons. The highest BCUT2D eigenvalue weighted by Crippen LogP contribution is 2.31. The molecule has 7 heteroatoms. The highest BCUT2D eigenvalue weighted by atomic mass is 35.5. The number of rotatable bonds is 3. The minimum Gasteiger partial charge on any atom is -0.326 e. The van der Waals surface area contributed by atoms with Gasteiger partial charge in [-0.25, -0.2) is 8.78 Å². The van der Waals surface area contributed by atoms with E-state index < -0.39 is 23.5 Å². The first kappa shape index (κ1) is 16.4. The van der Waals surface area contributed by atoms with Crippen LogP contribution in [0.25, 0.3) is 0 Å². The Labute approximate surface area is 142 Å². The Morgan fingerprint density at radius 3 is 2.62 bits per heavy atom. The molecule has 1 heterocycles. The number of carbonyl (C=O) groups is 2. The molecule has 0 aromatic heterocycles. The van der Waals surface area contributed by atoms with Gasteiger partial charge in [-0.3, -0.25) is 9.59 Å². The number of benzene rings is 2. The molecule has 2 aromatic rings. The average molecular weight is 351 g/mol. The summed E-state index contributed by atoms with van der Waals surface area (Å²) in [6, 6.07) is 9.97. The van der Waals surface area contributed by atoms with Crippen LogP contribution in [0.5, 0.6) is 0 Å². The summed E-state index contributed by atoms with van der Waals surface area (Å²) in [7, 11) is 0. The predicted octanol–water partition coefficient (Wildman–Crippen LogP) is 3.61. The average Bonchev–Trinajstić information content (AvgIpc) is 2.93. The zero-order chi connectivity index (χ0) is 17.3. The fourth-order valence-corrected chi connectivity index (χ4v) is 2.84. The number of amides is 2. The lowest BCUT2D eigenvalue weighted by atomic mass is 10.1. The topological polar surface area (TPSA) is 49.4 Å². The summed E-state index contributed by atoms with van der Waals surface area (Å²) in [5.74, 6) is -3.28. The molecule has 24 heavy (non-hydrogen) atoms. The van der Waals surface area contributed by atoms with Crippen LogP contribution in [0.3, 0.4) is 0 Å². The molecule has 0 saturated carbocycles. The summed E-state index contributed by atoms with van der Waals surface area (Å²) >= 11 is 6.09. The Bertz CT molecular complexity index is 813. The van der Waals surface area contributed by atoms with Crippen LogP contribution in [0.1, 0.15) is 6.42 Å². The molecule has 2 amide bonds. The van der Waals surface area contributed by atoms with Gasteiger partial charge in [-0.1, -0.05) is 23.7 Å². The standard InChI is InChI=1S/C17H13ClF2N2O2/c18-12-3-1-2-4-15(12)22-9-10(7-16(22)23)17(24)21-11-5-6-13(19)14(20)8-11/h1-6,8,10H,7,9H2,(H,21,24). The number of nitrogens with one attached hydrogen (secondary N) is 1. The molecule has 1 N–H and O–H groups in total. The molecular formula is C17H13ClF2N2O2. The van der Waals surface area contributed by atoms with Crippen LogP contribution >= 0.6 is 11.6 Å². The third-order valence-corrected chi connectivity index (χ3v) is 4.15. The maximum atomic E-state index is 13.2. The minimum atomic E-state index is -1.05. The third kappa shape index (κ3) is 3.23. The van der Waals surface area contributed by atoms with Gasteiger partial charge in [0.15, 0.2) is 11.6 Å². The first-order valence-electron chi connectivity index (χ1n) is 7.26. The van der Waals surface area contributed by atoms with E-state index in [9.17, 15) is 18.4 Å². The van der Waals surface area contributed by atoms with Crippen molar-refractivity contribution in [2.24, 2.45) is 5.92 Å². The van der Waals surface area contributed by atoms with Crippen LogP contribution in [0.2, 0.25) is 5.02 Å². The van der Waals surface area contributed by atoms with Crippen LogP contribution in [0.4, 0.5) is 20.2 Å². The number of hydrogen-bond donors (Lipinski definition) is 1. The molecule has 1 saturated heterocycles. The Balaban J connectivity index is 1.72. The first-order valence-corrected chi connectivity index (χ1v) is 7.64. The zero-order valence-electron chi connectivity index (χ0n) is 12.4. The van der Waals surface area contributed by atoms with Crippen LogP contribution in [0.15, 0.2) is 42.5 Å². The van der Waals surface area contributed by atoms with E-state index in [0.717, 1.165) is 12.1 Å². The molecule has 124 valence electrons. The number of para-hydroxylation sites is 1. The molecule has 2 aromatic carbocycles. The Hall–Kier alpha value is -2.47. The van der Waals surface area contributed by atoms with Crippen molar-refractivity contribution in [2.75, 3.05) is 16.8 Å². The van der Waals surface area contributed by atoms with E-state index in [1.165, 1.54) is 11.0 Å². The van der Waals surface area contributed by atoms with Crippen LogP contribution in [-0.2, 0) is 9.59 Å². The molecule has 1 aliphatic heterocycles. The summed E-state index contributed by atoms with van der Waals surface area (Å²) in [4.78, 5) is 25.9. The SMILES string of the molecule is O=C(Nc1ccc(F)c(F)c1)C1CC(=O)N(c2ccccc2Cl)C1. The number of carbonyl (C=O) groups excluding carboxylic acids is 2. The Morgan fingerprint density at radius 2 is 1.92 bits per heavy atom. The predicted molar refractivity (Wildman–Crippen MR) is 86.9 cm³/mol. The van der Waals surface area contributed by atoms with E-state index in [0.29, 0.717) is 10.7 Å². The van der Waals surface area contributed by atoms with Crippen LogP contribution in [0, 0.1) is 17.6 Å². The molecule has 4 nitrogen and oxygen atoms in total. The van der Waals surface area contributed by atoms with Crippen molar-refractivity contribution >= 4 is 34.8 Å². The lowest BCUT2D eigenvalue weighted by Gasteiger charge is -2.18. The highest BCUT2D eigenvalue weighted by Gasteiger charge is 2.35. The second-order valence-corrected chi connectivity index (χ2v) is 5.88. The van der Waals surface area contributed by atoms with Crippen molar-refractivity contribution in [3.8, 4) is 0 Å². The molecule has 1 fully saturated rings. The van der Waals surface area contributed by atoms with Crippen molar-refractivity contribution in [1.29, 1.82) is 0 Å². The van der Waals surface area contributed by atoms with E-state index in [1.54, 1.807) is 24.3 Å². The van der Waals surface area contributed by atoms with Gasteiger partial charge in [0.2, 0.25) is 11.8 Å². The summed E-state index contributed by atoms with van der Waals surface area (Å²) in [6.45, 7) is 0.179. The van der Waals surface area contributed by atoms with Crippen molar-refractivity contribution in [1.82, 2.24) is 0 Å². The lowest BCUT2D eigenvalue weighted by Crippen LogP contribution is -2.28. The largest absolute Gasteiger partial charge is 0.326 e. The van der Waals surface area contributed by atoms with Crippen molar-refractivity contribution < 1.29 is 18.4 Å². The van der Waals surface area contributed by atoms with E-state index in [1.807, 2.05) is 0 Å². The molecule has 1 atom stereocenters. The summed E-state index contributed by atoms with van der Waals surface area (Å²) < 4.78 is 26.1. The van der Waals surface area contributed by atoms with Gasteiger partial charge in [-0.2, -0.15) is 0 Å². The molecule has 0 aliphatic carbocycles. The fourth-order valence-electron chi connectivity index (χ4n) is 2.60. The number of hydrogen-bond acceptors (Lipinski definition) is 2.